The Morgan fingerprint density at radius 1 is 1.12 bits per heavy atom. The molecule has 7 heteroatoms. The van der Waals surface area contributed by atoms with E-state index in [9.17, 15) is 0 Å². The molecular formula is C17H18N4O2S. The fourth-order valence-electron chi connectivity index (χ4n) is 2.61. The number of hydrogen-bond donors (Lipinski definition) is 0. The SMILES string of the molecule is Cc1nc2ccccc2nc1OCc1csc(N2CCOCC2)n1. The third-order valence-electron chi connectivity index (χ3n) is 3.88. The standard InChI is InChI=1S/C17H18N4O2S/c1-12-16(20-15-5-3-2-4-14(15)18-12)23-10-13-11-24-17(19-13)21-6-8-22-9-7-21/h2-5,11H,6-10H2,1H3. The summed E-state index contributed by atoms with van der Waals surface area (Å²) < 4.78 is 11.2. The first-order valence-electron chi connectivity index (χ1n) is 7.93. The number of rotatable bonds is 4. The molecule has 1 aliphatic rings. The Balaban J connectivity index is 1.47. The maximum absolute atomic E-state index is 5.86. The highest BCUT2D eigenvalue weighted by molar-refractivity contribution is 7.13. The van der Waals surface area contributed by atoms with Gasteiger partial charge in [-0.25, -0.2) is 15.0 Å². The molecule has 0 N–H and O–H groups in total. The zero-order valence-corrected chi connectivity index (χ0v) is 14.3. The van der Waals surface area contributed by atoms with Crippen LogP contribution in [0.25, 0.3) is 11.0 Å². The normalized spacial score (nSPS) is 15.0. The Kier molecular flexibility index (Phi) is 4.27. The van der Waals surface area contributed by atoms with E-state index < -0.39 is 0 Å². The van der Waals surface area contributed by atoms with Crippen molar-refractivity contribution in [1.82, 2.24) is 15.0 Å². The Morgan fingerprint density at radius 3 is 2.67 bits per heavy atom. The van der Waals surface area contributed by atoms with Gasteiger partial charge in [-0.05, 0) is 19.1 Å². The second-order valence-electron chi connectivity index (χ2n) is 5.61. The van der Waals surface area contributed by atoms with Crippen LogP contribution in [-0.4, -0.2) is 41.3 Å². The van der Waals surface area contributed by atoms with Gasteiger partial charge in [-0.3, -0.25) is 0 Å². The molecule has 1 aromatic carbocycles. The summed E-state index contributed by atoms with van der Waals surface area (Å²) in [5.41, 5.74) is 3.42. The number of fused-ring (bicyclic) bond motifs is 1. The van der Waals surface area contributed by atoms with Crippen LogP contribution in [0.1, 0.15) is 11.4 Å². The summed E-state index contributed by atoms with van der Waals surface area (Å²) in [6.07, 6.45) is 0. The molecule has 0 amide bonds. The molecule has 4 rings (SSSR count). The highest BCUT2D eigenvalue weighted by atomic mass is 32.1. The quantitative estimate of drug-likeness (QED) is 0.727. The molecule has 0 aliphatic carbocycles. The van der Waals surface area contributed by atoms with Crippen molar-refractivity contribution in [2.75, 3.05) is 31.2 Å². The molecule has 1 saturated heterocycles. The first-order valence-corrected chi connectivity index (χ1v) is 8.81. The van der Waals surface area contributed by atoms with Crippen LogP contribution in [0, 0.1) is 6.92 Å². The minimum atomic E-state index is 0.398. The smallest absolute Gasteiger partial charge is 0.236 e. The fourth-order valence-corrected chi connectivity index (χ4v) is 3.48. The number of aryl methyl sites for hydroxylation is 1. The molecule has 1 aliphatic heterocycles. The van der Waals surface area contributed by atoms with E-state index in [-0.39, 0.29) is 0 Å². The van der Waals surface area contributed by atoms with Gasteiger partial charge in [0.1, 0.15) is 12.3 Å². The molecule has 0 bridgehead atoms. The molecule has 24 heavy (non-hydrogen) atoms. The first kappa shape index (κ1) is 15.3. The Labute approximate surface area is 144 Å². The van der Waals surface area contributed by atoms with Crippen molar-refractivity contribution >= 4 is 27.5 Å². The topological polar surface area (TPSA) is 60.4 Å². The largest absolute Gasteiger partial charge is 0.470 e. The average Bonchev–Trinajstić information content (AvgIpc) is 3.10. The molecule has 0 saturated carbocycles. The van der Waals surface area contributed by atoms with Crippen LogP contribution in [0.3, 0.4) is 0 Å². The predicted molar refractivity (Wildman–Crippen MR) is 93.8 cm³/mol. The van der Waals surface area contributed by atoms with Crippen molar-refractivity contribution in [3.8, 4) is 5.88 Å². The number of morpholine rings is 1. The van der Waals surface area contributed by atoms with E-state index in [1.807, 2.05) is 36.6 Å². The number of ether oxygens (including phenoxy) is 2. The number of nitrogens with zero attached hydrogens (tertiary/aromatic N) is 4. The Hall–Kier alpha value is -2.25. The molecule has 124 valence electrons. The van der Waals surface area contributed by atoms with Gasteiger partial charge >= 0.3 is 0 Å². The van der Waals surface area contributed by atoms with Crippen LogP contribution in [0.5, 0.6) is 5.88 Å². The highest BCUT2D eigenvalue weighted by Crippen LogP contribution is 2.23. The lowest BCUT2D eigenvalue weighted by atomic mass is 10.3. The molecule has 2 aromatic heterocycles. The molecule has 6 nitrogen and oxygen atoms in total. The number of benzene rings is 1. The van der Waals surface area contributed by atoms with Crippen molar-refractivity contribution in [3.63, 3.8) is 0 Å². The lowest BCUT2D eigenvalue weighted by molar-refractivity contribution is 0.122. The second-order valence-corrected chi connectivity index (χ2v) is 6.45. The van der Waals surface area contributed by atoms with Crippen molar-refractivity contribution in [3.05, 3.63) is 41.0 Å². The maximum atomic E-state index is 5.86. The second kappa shape index (κ2) is 6.70. The van der Waals surface area contributed by atoms with Gasteiger partial charge in [0.25, 0.3) is 0 Å². The summed E-state index contributed by atoms with van der Waals surface area (Å²) >= 11 is 1.64. The van der Waals surface area contributed by atoms with E-state index in [0.29, 0.717) is 12.5 Å². The van der Waals surface area contributed by atoms with E-state index >= 15 is 0 Å². The zero-order valence-electron chi connectivity index (χ0n) is 13.4. The first-order chi connectivity index (χ1) is 11.8. The zero-order chi connectivity index (χ0) is 16.4. The molecule has 0 unspecified atom stereocenters. The summed E-state index contributed by atoms with van der Waals surface area (Å²) in [5, 5.41) is 3.06. The van der Waals surface area contributed by atoms with Gasteiger partial charge in [0.05, 0.1) is 29.9 Å². The molecule has 1 fully saturated rings. The molecular weight excluding hydrogens is 324 g/mol. The van der Waals surface area contributed by atoms with Crippen LogP contribution >= 0.6 is 11.3 Å². The van der Waals surface area contributed by atoms with Gasteiger partial charge in [0.15, 0.2) is 5.13 Å². The van der Waals surface area contributed by atoms with E-state index in [4.69, 9.17) is 9.47 Å². The van der Waals surface area contributed by atoms with Crippen LogP contribution < -0.4 is 9.64 Å². The summed E-state index contributed by atoms with van der Waals surface area (Å²) in [7, 11) is 0. The monoisotopic (exact) mass is 342 g/mol. The lowest BCUT2D eigenvalue weighted by Gasteiger charge is -2.26. The number of thiazole rings is 1. The van der Waals surface area contributed by atoms with Gasteiger partial charge in [0.2, 0.25) is 5.88 Å². The lowest BCUT2D eigenvalue weighted by Crippen LogP contribution is -2.36. The van der Waals surface area contributed by atoms with Crippen molar-refractivity contribution in [2.45, 2.75) is 13.5 Å². The molecule has 3 aromatic rings. The third kappa shape index (κ3) is 3.18. The van der Waals surface area contributed by atoms with Crippen molar-refractivity contribution in [1.29, 1.82) is 0 Å². The fraction of sp³-hybridized carbons (Fsp3) is 0.353. The Bertz CT molecular complexity index is 845. The highest BCUT2D eigenvalue weighted by Gasteiger charge is 2.15. The van der Waals surface area contributed by atoms with Gasteiger partial charge in [0, 0.05) is 18.5 Å². The minimum Gasteiger partial charge on any atom is -0.470 e. The van der Waals surface area contributed by atoms with Crippen LogP contribution in [0.15, 0.2) is 29.6 Å². The molecule has 3 heterocycles. The van der Waals surface area contributed by atoms with Crippen molar-refractivity contribution < 1.29 is 9.47 Å². The van der Waals surface area contributed by atoms with Crippen LogP contribution in [0.2, 0.25) is 0 Å². The predicted octanol–water partition coefficient (Wildman–Crippen LogP) is 2.81. The summed E-state index contributed by atoms with van der Waals surface area (Å²) in [6.45, 7) is 5.62. The van der Waals surface area contributed by atoms with Gasteiger partial charge in [-0.2, -0.15) is 0 Å². The van der Waals surface area contributed by atoms with E-state index in [1.54, 1.807) is 11.3 Å². The molecule has 0 spiro atoms. The van der Waals surface area contributed by atoms with E-state index in [1.165, 1.54) is 0 Å². The summed E-state index contributed by atoms with van der Waals surface area (Å²) in [4.78, 5) is 16.0. The number of hydrogen-bond acceptors (Lipinski definition) is 7. The van der Waals surface area contributed by atoms with Crippen LogP contribution in [0.4, 0.5) is 5.13 Å². The summed E-state index contributed by atoms with van der Waals surface area (Å²) in [6, 6.07) is 7.80. The number of anilines is 1. The molecule has 0 atom stereocenters. The van der Waals surface area contributed by atoms with Crippen LogP contribution in [-0.2, 0) is 11.3 Å². The van der Waals surface area contributed by atoms with E-state index in [2.05, 4.69) is 19.9 Å². The third-order valence-corrected chi connectivity index (χ3v) is 4.83. The van der Waals surface area contributed by atoms with E-state index in [0.717, 1.165) is 53.9 Å². The van der Waals surface area contributed by atoms with Crippen molar-refractivity contribution in [2.24, 2.45) is 0 Å². The average molecular weight is 342 g/mol. The van der Waals surface area contributed by atoms with Gasteiger partial charge in [-0.1, -0.05) is 12.1 Å². The molecule has 0 radical (unpaired) electrons. The van der Waals surface area contributed by atoms with Gasteiger partial charge in [-0.15, -0.1) is 11.3 Å². The van der Waals surface area contributed by atoms with Gasteiger partial charge < -0.3 is 14.4 Å². The number of aromatic nitrogens is 3. The maximum Gasteiger partial charge on any atom is 0.236 e. The minimum absolute atomic E-state index is 0.398. The summed E-state index contributed by atoms with van der Waals surface area (Å²) in [5.74, 6) is 0.564. The Morgan fingerprint density at radius 2 is 1.88 bits per heavy atom. The number of para-hydroxylation sites is 2.